The van der Waals surface area contributed by atoms with Gasteiger partial charge in [0, 0.05) is 18.7 Å². The first-order chi connectivity index (χ1) is 10.1. The van der Waals surface area contributed by atoms with Crippen LogP contribution in [0.15, 0.2) is 6.07 Å². The van der Waals surface area contributed by atoms with Crippen molar-refractivity contribution in [2.75, 3.05) is 12.4 Å². The molecule has 114 valence electrons. The molecular weight excluding hydrogens is 286 g/mol. The predicted octanol–water partition coefficient (Wildman–Crippen LogP) is 3.66. The second-order valence-corrected chi connectivity index (χ2v) is 7.64. The minimum absolute atomic E-state index is 0.247. The third-order valence-corrected chi connectivity index (χ3v) is 5.64. The van der Waals surface area contributed by atoms with Crippen molar-refractivity contribution < 1.29 is 4.74 Å². The molecule has 4 aliphatic rings. The van der Waals surface area contributed by atoms with Gasteiger partial charge in [-0.25, -0.2) is 9.97 Å². The van der Waals surface area contributed by atoms with Gasteiger partial charge >= 0.3 is 0 Å². The molecule has 4 fully saturated rings. The molecule has 21 heavy (non-hydrogen) atoms. The number of hydrogen-bond acceptors (Lipinski definition) is 4. The molecule has 5 rings (SSSR count). The smallest absolute Gasteiger partial charge is 0.158 e. The Labute approximate surface area is 130 Å². The van der Waals surface area contributed by atoms with E-state index in [4.69, 9.17) is 16.3 Å². The quantitative estimate of drug-likeness (QED) is 0.862. The fourth-order valence-corrected chi connectivity index (χ4v) is 5.46. The van der Waals surface area contributed by atoms with Crippen molar-refractivity contribution in [3.63, 3.8) is 0 Å². The van der Waals surface area contributed by atoms with Crippen molar-refractivity contribution in [3.05, 3.63) is 17.0 Å². The molecule has 1 aromatic heterocycles. The van der Waals surface area contributed by atoms with Gasteiger partial charge in [-0.15, -0.1) is 0 Å². The molecule has 4 nitrogen and oxygen atoms in total. The van der Waals surface area contributed by atoms with E-state index < -0.39 is 0 Å². The standard InChI is InChI=1S/C16H22ClN3O/c1-21-9-15-18-13(17)5-14(19-15)20-16-6-10-2-11(7-16)4-12(3-10)8-16/h5,10-12H,2-4,6-9H2,1H3,(H,18,19,20). The van der Waals surface area contributed by atoms with E-state index in [1.807, 2.05) is 6.07 Å². The highest BCUT2D eigenvalue weighted by Gasteiger charge is 2.51. The molecule has 0 amide bonds. The average Bonchev–Trinajstić information content (AvgIpc) is 2.35. The molecule has 4 aliphatic carbocycles. The summed E-state index contributed by atoms with van der Waals surface area (Å²) in [4.78, 5) is 8.77. The van der Waals surface area contributed by atoms with Crippen LogP contribution in [-0.2, 0) is 11.3 Å². The summed E-state index contributed by atoms with van der Waals surface area (Å²) < 4.78 is 5.12. The summed E-state index contributed by atoms with van der Waals surface area (Å²) in [6.07, 6.45) is 8.21. The molecule has 0 aliphatic heterocycles. The van der Waals surface area contributed by atoms with E-state index in [1.54, 1.807) is 7.11 Å². The molecule has 0 saturated heterocycles. The number of rotatable bonds is 4. The summed E-state index contributed by atoms with van der Waals surface area (Å²) in [7, 11) is 1.65. The Bertz CT molecular complexity index is 513. The first-order valence-electron chi connectivity index (χ1n) is 7.95. The average molecular weight is 308 g/mol. The van der Waals surface area contributed by atoms with Crippen LogP contribution in [0.3, 0.4) is 0 Å². The van der Waals surface area contributed by atoms with Gasteiger partial charge in [-0.3, -0.25) is 0 Å². The Balaban J connectivity index is 1.58. The maximum atomic E-state index is 6.13. The summed E-state index contributed by atoms with van der Waals surface area (Å²) in [6, 6.07) is 1.85. The van der Waals surface area contributed by atoms with Gasteiger partial charge in [0.1, 0.15) is 17.6 Å². The Morgan fingerprint density at radius 3 is 2.38 bits per heavy atom. The number of hydrogen-bond donors (Lipinski definition) is 1. The SMILES string of the molecule is COCc1nc(Cl)cc(NC23CC4CC(CC(C4)C2)C3)n1. The topological polar surface area (TPSA) is 47.0 Å². The van der Waals surface area contributed by atoms with Crippen LogP contribution in [0.1, 0.15) is 44.3 Å². The van der Waals surface area contributed by atoms with Crippen molar-refractivity contribution in [2.45, 2.75) is 50.7 Å². The largest absolute Gasteiger partial charge is 0.377 e. The highest BCUT2D eigenvalue weighted by atomic mass is 35.5. The zero-order valence-electron chi connectivity index (χ0n) is 12.4. The molecule has 0 unspecified atom stereocenters. The fraction of sp³-hybridized carbons (Fsp3) is 0.750. The molecule has 1 heterocycles. The summed E-state index contributed by atoms with van der Waals surface area (Å²) in [5.41, 5.74) is 0.247. The molecule has 4 bridgehead atoms. The van der Waals surface area contributed by atoms with Crippen LogP contribution in [0.2, 0.25) is 5.15 Å². The van der Waals surface area contributed by atoms with E-state index in [0.717, 1.165) is 23.6 Å². The molecule has 1 aromatic rings. The van der Waals surface area contributed by atoms with Crippen molar-refractivity contribution >= 4 is 17.4 Å². The van der Waals surface area contributed by atoms with Gasteiger partial charge < -0.3 is 10.1 Å². The Kier molecular flexibility index (Phi) is 3.34. The fourth-order valence-electron chi connectivity index (χ4n) is 5.26. The lowest BCUT2D eigenvalue weighted by atomic mass is 9.53. The van der Waals surface area contributed by atoms with E-state index >= 15 is 0 Å². The molecule has 0 radical (unpaired) electrons. The van der Waals surface area contributed by atoms with Gasteiger partial charge in [0.25, 0.3) is 0 Å². The minimum atomic E-state index is 0.247. The molecule has 0 atom stereocenters. The lowest BCUT2D eigenvalue weighted by molar-refractivity contribution is 0.0105. The third-order valence-electron chi connectivity index (χ3n) is 5.45. The zero-order chi connectivity index (χ0) is 14.4. The lowest BCUT2D eigenvalue weighted by Crippen LogP contribution is -2.54. The van der Waals surface area contributed by atoms with Crippen LogP contribution in [0.4, 0.5) is 5.82 Å². The third kappa shape index (κ3) is 2.64. The molecule has 0 aromatic carbocycles. The highest BCUT2D eigenvalue weighted by Crippen LogP contribution is 2.56. The van der Waals surface area contributed by atoms with Gasteiger partial charge in [-0.05, 0) is 56.3 Å². The van der Waals surface area contributed by atoms with Gasteiger partial charge in [-0.2, -0.15) is 0 Å². The maximum absolute atomic E-state index is 6.13. The molecular formula is C16H22ClN3O. The predicted molar refractivity (Wildman–Crippen MR) is 82.3 cm³/mol. The molecule has 5 heteroatoms. The van der Waals surface area contributed by atoms with Crippen molar-refractivity contribution in [2.24, 2.45) is 17.8 Å². The van der Waals surface area contributed by atoms with Crippen LogP contribution in [0.25, 0.3) is 0 Å². The number of ether oxygens (including phenoxy) is 1. The van der Waals surface area contributed by atoms with Crippen LogP contribution in [0, 0.1) is 17.8 Å². The molecule has 0 spiro atoms. The minimum Gasteiger partial charge on any atom is -0.377 e. The summed E-state index contributed by atoms with van der Waals surface area (Å²) in [6.45, 7) is 0.399. The van der Waals surface area contributed by atoms with Gasteiger partial charge in [0.15, 0.2) is 5.82 Å². The van der Waals surface area contributed by atoms with E-state index in [0.29, 0.717) is 17.6 Å². The Morgan fingerprint density at radius 2 is 1.81 bits per heavy atom. The number of nitrogens with one attached hydrogen (secondary N) is 1. The van der Waals surface area contributed by atoms with E-state index in [1.165, 1.54) is 38.5 Å². The van der Waals surface area contributed by atoms with E-state index in [2.05, 4.69) is 15.3 Å². The Hall–Kier alpha value is -0.870. The number of methoxy groups -OCH3 is 1. The molecule has 4 saturated carbocycles. The zero-order valence-corrected chi connectivity index (χ0v) is 13.2. The first-order valence-corrected chi connectivity index (χ1v) is 8.32. The van der Waals surface area contributed by atoms with Gasteiger partial charge in [-0.1, -0.05) is 11.6 Å². The molecule has 1 N–H and O–H groups in total. The van der Waals surface area contributed by atoms with Crippen LogP contribution < -0.4 is 5.32 Å². The van der Waals surface area contributed by atoms with E-state index in [-0.39, 0.29) is 5.54 Å². The normalized spacial score (nSPS) is 37.0. The highest BCUT2D eigenvalue weighted by molar-refractivity contribution is 6.29. The monoisotopic (exact) mass is 307 g/mol. The summed E-state index contributed by atoms with van der Waals surface area (Å²) >= 11 is 6.13. The first kappa shape index (κ1) is 13.8. The van der Waals surface area contributed by atoms with Crippen molar-refractivity contribution in [3.8, 4) is 0 Å². The van der Waals surface area contributed by atoms with Crippen LogP contribution >= 0.6 is 11.6 Å². The number of anilines is 1. The second kappa shape index (κ2) is 5.10. The Morgan fingerprint density at radius 1 is 1.19 bits per heavy atom. The summed E-state index contributed by atoms with van der Waals surface area (Å²) in [5, 5.41) is 4.23. The van der Waals surface area contributed by atoms with Gasteiger partial charge in [0.05, 0.1) is 0 Å². The van der Waals surface area contributed by atoms with Crippen LogP contribution in [-0.4, -0.2) is 22.6 Å². The number of aromatic nitrogens is 2. The number of halogens is 1. The second-order valence-electron chi connectivity index (χ2n) is 7.25. The summed E-state index contributed by atoms with van der Waals surface area (Å²) in [5.74, 6) is 4.26. The number of nitrogens with zero attached hydrogens (tertiary/aromatic N) is 2. The maximum Gasteiger partial charge on any atom is 0.158 e. The van der Waals surface area contributed by atoms with Crippen molar-refractivity contribution in [1.82, 2.24) is 9.97 Å². The van der Waals surface area contributed by atoms with Crippen LogP contribution in [0.5, 0.6) is 0 Å². The lowest BCUT2D eigenvalue weighted by Gasteiger charge is -2.57. The van der Waals surface area contributed by atoms with E-state index in [9.17, 15) is 0 Å². The van der Waals surface area contributed by atoms with Gasteiger partial charge in [0.2, 0.25) is 0 Å². The van der Waals surface area contributed by atoms with Crippen molar-refractivity contribution in [1.29, 1.82) is 0 Å².